The van der Waals surface area contributed by atoms with E-state index in [0.29, 0.717) is 5.92 Å². The van der Waals surface area contributed by atoms with Crippen molar-refractivity contribution in [2.75, 3.05) is 0 Å². The monoisotopic (exact) mass is 170 g/mol. The summed E-state index contributed by atoms with van der Waals surface area (Å²) in [5.41, 5.74) is -0.166. The minimum Gasteiger partial charge on any atom is -0.390 e. The van der Waals surface area contributed by atoms with Crippen LogP contribution >= 0.6 is 0 Å². The van der Waals surface area contributed by atoms with E-state index in [1.807, 2.05) is 6.92 Å². The lowest BCUT2D eigenvalue weighted by Gasteiger charge is -2.44. The molecule has 1 aliphatic rings. The lowest BCUT2D eigenvalue weighted by molar-refractivity contribution is -0.0752. The number of hydrogen-bond donors (Lipinski definition) is 1. The Kier molecular flexibility index (Phi) is 2.53. The van der Waals surface area contributed by atoms with Crippen LogP contribution in [-0.2, 0) is 0 Å². The Morgan fingerprint density at radius 3 is 2.17 bits per heavy atom. The minimum atomic E-state index is -0.420. The third-order valence-corrected chi connectivity index (χ3v) is 3.22. The molecule has 12 heavy (non-hydrogen) atoms. The number of rotatable bonds is 0. The zero-order chi connectivity index (χ0) is 9.41. The molecular weight excluding hydrogens is 148 g/mol. The summed E-state index contributed by atoms with van der Waals surface area (Å²) in [5.74, 6) is 0.471. The molecule has 0 spiro atoms. The van der Waals surface area contributed by atoms with Crippen molar-refractivity contribution in [3.05, 3.63) is 0 Å². The summed E-state index contributed by atoms with van der Waals surface area (Å²) < 4.78 is 0. The molecule has 1 rings (SSSR count). The predicted octanol–water partition coefficient (Wildman–Crippen LogP) is 2.97. The van der Waals surface area contributed by atoms with Gasteiger partial charge in [0, 0.05) is 0 Å². The van der Waals surface area contributed by atoms with E-state index >= 15 is 0 Å². The standard InChI is InChI=1S/C11H22O/c1-10(2,3)9-7-5-6-8-11(9,4)12/h9,12H,5-8H2,1-4H3. The predicted molar refractivity (Wildman–Crippen MR) is 52.0 cm³/mol. The largest absolute Gasteiger partial charge is 0.390 e. The highest BCUT2D eigenvalue weighted by molar-refractivity contribution is 4.92. The lowest BCUT2D eigenvalue weighted by Crippen LogP contribution is -2.44. The van der Waals surface area contributed by atoms with E-state index in [1.165, 1.54) is 19.3 Å². The fourth-order valence-corrected chi connectivity index (χ4v) is 2.68. The second-order valence-corrected chi connectivity index (χ2v) is 5.52. The van der Waals surface area contributed by atoms with Crippen LogP contribution in [0.15, 0.2) is 0 Å². The summed E-state index contributed by atoms with van der Waals surface area (Å²) in [6.07, 6.45) is 4.66. The van der Waals surface area contributed by atoms with Crippen LogP contribution in [-0.4, -0.2) is 10.7 Å². The Morgan fingerprint density at radius 2 is 1.83 bits per heavy atom. The number of hydrogen-bond acceptors (Lipinski definition) is 1. The molecule has 1 fully saturated rings. The van der Waals surface area contributed by atoms with Crippen LogP contribution in [0.3, 0.4) is 0 Å². The highest BCUT2D eigenvalue weighted by Gasteiger charge is 2.41. The first-order valence-corrected chi connectivity index (χ1v) is 5.06. The van der Waals surface area contributed by atoms with Gasteiger partial charge in [-0.25, -0.2) is 0 Å². The quantitative estimate of drug-likeness (QED) is 0.592. The van der Waals surface area contributed by atoms with E-state index in [-0.39, 0.29) is 5.41 Å². The van der Waals surface area contributed by atoms with Crippen LogP contribution < -0.4 is 0 Å². The summed E-state index contributed by atoms with van der Waals surface area (Å²) in [6.45, 7) is 8.70. The van der Waals surface area contributed by atoms with E-state index in [2.05, 4.69) is 20.8 Å². The Morgan fingerprint density at radius 1 is 1.25 bits per heavy atom. The Bertz CT molecular complexity index is 153. The highest BCUT2D eigenvalue weighted by atomic mass is 16.3. The van der Waals surface area contributed by atoms with Crippen molar-refractivity contribution in [3.8, 4) is 0 Å². The third-order valence-electron chi connectivity index (χ3n) is 3.22. The van der Waals surface area contributed by atoms with Gasteiger partial charge in [-0.1, -0.05) is 33.6 Å². The van der Waals surface area contributed by atoms with Crippen molar-refractivity contribution in [2.45, 2.75) is 59.0 Å². The number of aliphatic hydroxyl groups is 1. The van der Waals surface area contributed by atoms with Crippen LogP contribution in [0.4, 0.5) is 0 Å². The molecule has 1 N–H and O–H groups in total. The van der Waals surface area contributed by atoms with Crippen LogP contribution in [0, 0.1) is 11.3 Å². The van der Waals surface area contributed by atoms with Gasteiger partial charge in [0.2, 0.25) is 0 Å². The van der Waals surface area contributed by atoms with Gasteiger partial charge >= 0.3 is 0 Å². The van der Waals surface area contributed by atoms with Crippen LogP contribution in [0.1, 0.15) is 53.4 Å². The normalized spacial score (nSPS) is 38.2. The molecule has 72 valence electrons. The van der Waals surface area contributed by atoms with E-state index in [0.717, 1.165) is 6.42 Å². The first-order chi connectivity index (χ1) is 5.34. The molecule has 0 amide bonds. The second-order valence-electron chi connectivity index (χ2n) is 5.52. The Balaban J connectivity index is 2.73. The minimum absolute atomic E-state index is 0.254. The van der Waals surface area contributed by atoms with E-state index < -0.39 is 5.60 Å². The van der Waals surface area contributed by atoms with E-state index in [4.69, 9.17) is 0 Å². The molecule has 0 aromatic heterocycles. The van der Waals surface area contributed by atoms with Crippen LogP contribution in [0.2, 0.25) is 0 Å². The first-order valence-electron chi connectivity index (χ1n) is 5.06. The van der Waals surface area contributed by atoms with Gasteiger partial charge in [-0.15, -0.1) is 0 Å². The lowest BCUT2D eigenvalue weighted by atomic mass is 9.64. The SMILES string of the molecule is CC(C)(C)C1CCCCC1(C)O. The van der Waals surface area contributed by atoms with Gasteiger partial charge in [-0.3, -0.25) is 0 Å². The summed E-state index contributed by atoms with van der Waals surface area (Å²) in [6, 6.07) is 0. The molecular formula is C11H22O. The summed E-state index contributed by atoms with van der Waals surface area (Å²) in [7, 11) is 0. The van der Waals surface area contributed by atoms with Crippen LogP contribution in [0.5, 0.6) is 0 Å². The summed E-state index contributed by atoms with van der Waals surface area (Å²) in [5, 5.41) is 10.2. The van der Waals surface area contributed by atoms with Crippen molar-refractivity contribution >= 4 is 0 Å². The molecule has 0 bridgehead atoms. The topological polar surface area (TPSA) is 20.2 Å². The summed E-state index contributed by atoms with van der Waals surface area (Å²) in [4.78, 5) is 0. The molecule has 1 aliphatic carbocycles. The van der Waals surface area contributed by atoms with Crippen molar-refractivity contribution in [3.63, 3.8) is 0 Å². The van der Waals surface area contributed by atoms with Crippen molar-refractivity contribution in [1.29, 1.82) is 0 Å². The Hall–Kier alpha value is -0.0400. The molecule has 0 heterocycles. The van der Waals surface area contributed by atoms with Crippen molar-refractivity contribution in [1.82, 2.24) is 0 Å². The van der Waals surface area contributed by atoms with Crippen molar-refractivity contribution in [2.24, 2.45) is 11.3 Å². The smallest absolute Gasteiger partial charge is 0.0652 e. The van der Waals surface area contributed by atoms with Crippen molar-refractivity contribution < 1.29 is 5.11 Å². The Labute approximate surface area is 76.2 Å². The van der Waals surface area contributed by atoms with Gasteiger partial charge < -0.3 is 5.11 Å². The molecule has 0 saturated heterocycles. The maximum atomic E-state index is 10.2. The molecule has 0 aliphatic heterocycles. The average molecular weight is 170 g/mol. The van der Waals surface area contributed by atoms with Gasteiger partial charge in [0.1, 0.15) is 0 Å². The fourth-order valence-electron chi connectivity index (χ4n) is 2.68. The van der Waals surface area contributed by atoms with Gasteiger partial charge in [0.15, 0.2) is 0 Å². The molecule has 0 aromatic rings. The van der Waals surface area contributed by atoms with Gasteiger partial charge in [0.05, 0.1) is 5.60 Å². The molecule has 2 unspecified atom stereocenters. The second kappa shape index (κ2) is 3.02. The van der Waals surface area contributed by atoms with Gasteiger partial charge in [0.25, 0.3) is 0 Å². The maximum absolute atomic E-state index is 10.2. The van der Waals surface area contributed by atoms with Gasteiger partial charge in [-0.05, 0) is 31.1 Å². The maximum Gasteiger partial charge on any atom is 0.0652 e. The van der Waals surface area contributed by atoms with Crippen LogP contribution in [0.25, 0.3) is 0 Å². The van der Waals surface area contributed by atoms with E-state index in [9.17, 15) is 5.11 Å². The highest BCUT2D eigenvalue weighted by Crippen LogP contribution is 2.43. The average Bonchev–Trinajstić information content (AvgIpc) is 1.83. The zero-order valence-corrected chi connectivity index (χ0v) is 8.85. The van der Waals surface area contributed by atoms with Gasteiger partial charge in [-0.2, -0.15) is 0 Å². The third kappa shape index (κ3) is 2.01. The summed E-state index contributed by atoms with van der Waals surface area (Å²) >= 11 is 0. The molecule has 0 aromatic carbocycles. The fraction of sp³-hybridized carbons (Fsp3) is 1.00. The first kappa shape index (κ1) is 10.0. The molecule has 0 radical (unpaired) electrons. The van der Waals surface area contributed by atoms with E-state index in [1.54, 1.807) is 0 Å². The zero-order valence-electron chi connectivity index (χ0n) is 8.85. The molecule has 1 saturated carbocycles. The molecule has 2 atom stereocenters. The molecule has 1 nitrogen and oxygen atoms in total. The molecule has 1 heteroatoms.